The van der Waals surface area contributed by atoms with Crippen LogP contribution in [-0.4, -0.2) is 57.6 Å². The van der Waals surface area contributed by atoms with Crippen LogP contribution in [0.15, 0.2) is 35.3 Å². The highest BCUT2D eigenvalue weighted by Gasteiger charge is 2.30. The number of benzene rings is 1. The number of para-hydroxylation sites is 1. The lowest BCUT2D eigenvalue weighted by atomic mass is 9.94. The monoisotopic (exact) mass is 356 g/mol. The summed E-state index contributed by atoms with van der Waals surface area (Å²) in [7, 11) is 0. The molecule has 1 aromatic carbocycles. The number of rotatable bonds is 2. The molecule has 1 saturated heterocycles. The second kappa shape index (κ2) is 6.90. The van der Waals surface area contributed by atoms with Crippen molar-refractivity contribution in [1.29, 1.82) is 0 Å². The van der Waals surface area contributed by atoms with E-state index in [0.29, 0.717) is 37.1 Å². The first-order chi connectivity index (χ1) is 12.3. The summed E-state index contributed by atoms with van der Waals surface area (Å²) in [6.45, 7) is 7.89. The highest BCUT2D eigenvalue weighted by molar-refractivity contribution is 5.83. The van der Waals surface area contributed by atoms with Crippen molar-refractivity contribution in [3.05, 3.63) is 40.7 Å². The van der Waals surface area contributed by atoms with Gasteiger partial charge in [-0.2, -0.15) is 5.10 Å². The van der Waals surface area contributed by atoms with Crippen LogP contribution in [0.25, 0.3) is 10.9 Å². The first-order valence-corrected chi connectivity index (χ1v) is 8.79. The van der Waals surface area contributed by atoms with Crippen LogP contribution in [-0.2, 0) is 16.1 Å². The molecule has 0 unspecified atom stereocenters. The zero-order valence-electron chi connectivity index (χ0n) is 15.4. The maximum atomic E-state index is 12.7. The Labute approximate surface area is 152 Å². The summed E-state index contributed by atoms with van der Waals surface area (Å²) in [5, 5.41) is 4.66. The first-order valence-electron chi connectivity index (χ1n) is 8.79. The molecule has 0 saturated carbocycles. The highest BCUT2D eigenvalue weighted by Crippen LogP contribution is 2.18. The molecular weight excluding hydrogens is 332 g/mol. The number of nitrogens with zero attached hydrogens (tertiary/aromatic N) is 4. The zero-order chi connectivity index (χ0) is 18.9. The number of aromatic nitrogens is 2. The largest absolute Gasteiger partial charge is 0.339 e. The quantitative estimate of drug-likeness (QED) is 0.808. The minimum atomic E-state index is -0.412. The second-order valence-electron chi connectivity index (χ2n) is 7.61. The molecule has 0 aliphatic carbocycles. The van der Waals surface area contributed by atoms with Crippen LogP contribution in [0.4, 0.5) is 0 Å². The molecule has 0 radical (unpaired) electrons. The lowest BCUT2D eigenvalue weighted by molar-refractivity contribution is -0.145. The normalized spacial score (nSPS) is 15.3. The van der Waals surface area contributed by atoms with Crippen LogP contribution in [0.1, 0.15) is 20.8 Å². The van der Waals surface area contributed by atoms with Gasteiger partial charge in [0.1, 0.15) is 6.54 Å². The summed E-state index contributed by atoms with van der Waals surface area (Å²) in [6.07, 6.45) is 1.25. The van der Waals surface area contributed by atoms with Gasteiger partial charge >= 0.3 is 0 Å². The fourth-order valence-corrected chi connectivity index (χ4v) is 3.15. The Balaban J connectivity index is 1.68. The van der Waals surface area contributed by atoms with Gasteiger partial charge in [0.25, 0.3) is 0 Å². The topological polar surface area (TPSA) is 75.5 Å². The fourth-order valence-electron chi connectivity index (χ4n) is 3.15. The molecule has 3 rings (SSSR count). The van der Waals surface area contributed by atoms with E-state index in [1.807, 2.05) is 31.7 Å². The third-order valence-corrected chi connectivity index (χ3v) is 4.61. The van der Waals surface area contributed by atoms with E-state index in [1.165, 1.54) is 6.20 Å². The minimum Gasteiger partial charge on any atom is -0.339 e. The molecule has 2 heterocycles. The average molecular weight is 356 g/mol. The first kappa shape index (κ1) is 18.1. The third kappa shape index (κ3) is 3.61. The van der Waals surface area contributed by atoms with E-state index in [0.717, 1.165) is 0 Å². The van der Waals surface area contributed by atoms with Crippen LogP contribution < -0.4 is 5.43 Å². The minimum absolute atomic E-state index is 0.0610. The van der Waals surface area contributed by atoms with Gasteiger partial charge in [-0.25, -0.2) is 0 Å². The van der Waals surface area contributed by atoms with Crippen molar-refractivity contribution in [3.8, 4) is 0 Å². The maximum Gasteiger partial charge on any atom is 0.244 e. The summed E-state index contributed by atoms with van der Waals surface area (Å²) in [5.74, 6) is 0.0480. The maximum absolute atomic E-state index is 12.7. The van der Waals surface area contributed by atoms with Gasteiger partial charge in [0.2, 0.25) is 17.2 Å². The Kier molecular flexibility index (Phi) is 4.80. The molecule has 7 nitrogen and oxygen atoms in total. The summed E-state index contributed by atoms with van der Waals surface area (Å²) < 4.78 is 1.56. The summed E-state index contributed by atoms with van der Waals surface area (Å²) >= 11 is 0. The number of carbonyl (C=O) groups is 2. The van der Waals surface area contributed by atoms with Crippen molar-refractivity contribution in [2.75, 3.05) is 26.2 Å². The molecule has 0 spiro atoms. The van der Waals surface area contributed by atoms with E-state index in [9.17, 15) is 14.4 Å². The highest BCUT2D eigenvalue weighted by atomic mass is 16.2. The van der Waals surface area contributed by atoms with E-state index in [1.54, 1.807) is 27.8 Å². The van der Waals surface area contributed by atoms with Gasteiger partial charge in [0.05, 0.1) is 11.7 Å². The Morgan fingerprint density at radius 3 is 2.31 bits per heavy atom. The van der Waals surface area contributed by atoms with E-state index in [2.05, 4.69) is 5.10 Å². The molecule has 0 N–H and O–H groups in total. The molecular formula is C19H24N4O3. The molecule has 1 fully saturated rings. The number of fused-ring (bicyclic) bond motifs is 1. The summed E-state index contributed by atoms with van der Waals surface area (Å²) in [4.78, 5) is 40.5. The molecule has 26 heavy (non-hydrogen) atoms. The van der Waals surface area contributed by atoms with E-state index in [-0.39, 0.29) is 23.8 Å². The van der Waals surface area contributed by atoms with E-state index >= 15 is 0 Å². The van der Waals surface area contributed by atoms with Crippen molar-refractivity contribution < 1.29 is 9.59 Å². The van der Waals surface area contributed by atoms with Gasteiger partial charge in [0, 0.05) is 37.0 Å². The van der Waals surface area contributed by atoms with Gasteiger partial charge in [-0.3, -0.25) is 19.1 Å². The molecule has 1 aromatic heterocycles. The lowest BCUT2D eigenvalue weighted by Crippen LogP contribution is -2.53. The average Bonchev–Trinajstić information content (AvgIpc) is 2.63. The van der Waals surface area contributed by atoms with Gasteiger partial charge in [-0.15, -0.1) is 0 Å². The van der Waals surface area contributed by atoms with Crippen molar-refractivity contribution in [2.45, 2.75) is 27.3 Å². The van der Waals surface area contributed by atoms with Crippen molar-refractivity contribution in [3.63, 3.8) is 0 Å². The number of hydrogen-bond acceptors (Lipinski definition) is 4. The fraction of sp³-hybridized carbons (Fsp3) is 0.474. The summed E-state index contributed by atoms with van der Waals surface area (Å²) in [5.41, 5.74) is 0.0822. The smallest absolute Gasteiger partial charge is 0.244 e. The number of carbonyl (C=O) groups excluding carboxylic acids is 2. The lowest BCUT2D eigenvalue weighted by Gasteiger charge is -2.37. The Bertz CT molecular complexity index is 890. The summed E-state index contributed by atoms with van der Waals surface area (Å²) in [6, 6.07) is 7.14. The zero-order valence-corrected chi connectivity index (χ0v) is 15.4. The second-order valence-corrected chi connectivity index (χ2v) is 7.61. The SMILES string of the molecule is CC(C)(C)C(=O)N1CCN(C(=O)Cn2ncc(=O)c3ccccc32)CC1. The predicted octanol–water partition coefficient (Wildman–Crippen LogP) is 1.11. The van der Waals surface area contributed by atoms with Crippen LogP contribution in [0.3, 0.4) is 0 Å². The van der Waals surface area contributed by atoms with Crippen molar-refractivity contribution in [1.82, 2.24) is 19.6 Å². The third-order valence-electron chi connectivity index (χ3n) is 4.61. The molecule has 1 aliphatic rings. The Hall–Kier alpha value is -2.70. The van der Waals surface area contributed by atoms with E-state index in [4.69, 9.17) is 0 Å². The van der Waals surface area contributed by atoms with Gasteiger partial charge in [-0.05, 0) is 12.1 Å². The van der Waals surface area contributed by atoms with Crippen molar-refractivity contribution in [2.24, 2.45) is 5.41 Å². The molecule has 7 heteroatoms. The van der Waals surface area contributed by atoms with E-state index < -0.39 is 5.41 Å². The molecule has 138 valence electrons. The predicted molar refractivity (Wildman–Crippen MR) is 98.6 cm³/mol. The molecule has 0 bridgehead atoms. The Morgan fingerprint density at radius 2 is 1.65 bits per heavy atom. The molecule has 0 atom stereocenters. The van der Waals surface area contributed by atoms with Gasteiger partial charge in [0.15, 0.2) is 0 Å². The van der Waals surface area contributed by atoms with Gasteiger partial charge in [-0.1, -0.05) is 32.9 Å². The molecule has 1 aliphatic heterocycles. The number of hydrogen-bond donors (Lipinski definition) is 0. The van der Waals surface area contributed by atoms with Crippen LogP contribution in [0.2, 0.25) is 0 Å². The molecule has 2 amide bonds. The van der Waals surface area contributed by atoms with Crippen LogP contribution >= 0.6 is 0 Å². The molecule has 2 aromatic rings. The van der Waals surface area contributed by atoms with Crippen LogP contribution in [0, 0.1) is 5.41 Å². The van der Waals surface area contributed by atoms with Crippen LogP contribution in [0.5, 0.6) is 0 Å². The van der Waals surface area contributed by atoms with Gasteiger partial charge < -0.3 is 9.80 Å². The Morgan fingerprint density at radius 1 is 1.04 bits per heavy atom. The number of amides is 2. The van der Waals surface area contributed by atoms with Crippen molar-refractivity contribution >= 4 is 22.7 Å². The number of piperazine rings is 1. The standard InChI is InChI=1S/C19H24N4O3/c1-19(2,3)18(26)22-10-8-21(9-11-22)17(25)13-23-15-7-5-4-6-14(15)16(24)12-20-23/h4-7,12H,8-11,13H2,1-3H3.